The summed E-state index contributed by atoms with van der Waals surface area (Å²) >= 11 is 7.10. The van der Waals surface area contributed by atoms with Crippen LogP contribution in [0.4, 0.5) is 21.0 Å². The van der Waals surface area contributed by atoms with Crippen LogP contribution in [0.1, 0.15) is 22.5 Å². The number of hydrogen-bond acceptors (Lipinski definition) is 6. The molecule has 2 saturated heterocycles. The fraction of sp³-hybridized carbons (Fsp3) is 0.409. The molecule has 2 aromatic rings. The minimum Gasteiger partial charge on any atom is -0.491 e. The first-order valence-corrected chi connectivity index (χ1v) is 11.9. The number of halogens is 1. The molecular weight excluding hydrogens is 468 g/mol. The van der Waals surface area contributed by atoms with E-state index in [2.05, 4.69) is 5.32 Å². The molecule has 2 fully saturated rings. The van der Waals surface area contributed by atoms with E-state index in [4.69, 9.17) is 21.1 Å². The second-order valence-electron chi connectivity index (χ2n) is 8.17. The van der Waals surface area contributed by atoms with Gasteiger partial charge >= 0.3 is 12.1 Å². The molecule has 174 valence electrons. The van der Waals surface area contributed by atoms with Crippen LogP contribution in [0.15, 0.2) is 30.3 Å². The second-order valence-corrected chi connectivity index (χ2v) is 9.89. The predicted octanol–water partition coefficient (Wildman–Crippen LogP) is 3.57. The SMILES string of the molecule is CN1CCCN(c2ccc3c(c2)OCC[C@H]2[C@H](CNC(=O)c4ccc(Cl)s4)OC(=O)N32)C1=O. The van der Waals surface area contributed by atoms with Gasteiger partial charge in [0.05, 0.1) is 34.1 Å². The Bertz CT molecular complexity index is 1110. The lowest BCUT2D eigenvalue weighted by Crippen LogP contribution is -2.47. The largest absolute Gasteiger partial charge is 0.491 e. The third kappa shape index (κ3) is 4.08. The van der Waals surface area contributed by atoms with Gasteiger partial charge in [-0.25, -0.2) is 9.59 Å². The molecule has 3 aliphatic rings. The van der Waals surface area contributed by atoms with Crippen molar-refractivity contribution in [2.75, 3.05) is 43.1 Å². The van der Waals surface area contributed by atoms with Gasteiger partial charge in [0, 0.05) is 38.3 Å². The molecule has 33 heavy (non-hydrogen) atoms. The van der Waals surface area contributed by atoms with Gasteiger partial charge in [0.25, 0.3) is 5.91 Å². The highest BCUT2D eigenvalue weighted by atomic mass is 35.5. The Hall–Kier alpha value is -2.98. The number of rotatable bonds is 4. The lowest BCUT2D eigenvalue weighted by Gasteiger charge is -2.33. The van der Waals surface area contributed by atoms with Gasteiger partial charge in [-0.1, -0.05) is 11.6 Å². The van der Waals surface area contributed by atoms with Crippen molar-refractivity contribution < 1.29 is 23.9 Å². The Balaban J connectivity index is 1.33. The predicted molar refractivity (Wildman–Crippen MR) is 125 cm³/mol. The number of anilines is 2. The average Bonchev–Trinajstić information content (AvgIpc) is 3.30. The standard InChI is InChI=1S/C22H23ClN4O5S/c1-25-8-2-9-26(21(25)29)13-3-4-14-16(11-13)31-10-7-15-17(32-22(30)27(14)15)12-24-20(28)18-5-6-19(23)33-18/h3-6,11,15,17H,2,7-10,12H2,1H3,(H,24,28)/t15-,17-/m0/s1. The molecule has 0 unspecified atom stereocenters. The number of carbonyl (C=O) groups is 3. The van der Waals surface area contributed by atoms with Gasteiger partial charge < -0.3 is 19.7 Å². The number of carbonyl (C=O) groups excluding carboxylic acids is 3. The smallest absolute Gasteiger partial charge is 0.415 e. The number of benzene rings is 1. The highest BCUT2D eigenvalue weighted by Gasteiger charge is 2.45. The van der Waals surface area contributed by atoms with Gasteiger partial charge in [0.15, 0.2) is 0 Å². The van der Waals surface area contributed by atoms with Crippen LogP contribution >= 0.6 is 22.9 Å². The van der Waals surface area contributed by atoms with E-state index in [-0.39, 0.29) is 24.5 Å². The molecule has 5 rings (SSSR count). The zero-order chi connectivity index (χ0) is 23.1. The number of cyclic esters (lactones) is 1. The quantitative estimate of drug-likeness (QED) is 0.707. The van der Waals surface area contributed by atoms with Crippen LogP contribution in [0.3, 0.4) is 0 Å². The molecule has 9 nitrogen and oxygen atoms in total. The van der Waals surface area contributed by atoms with Gasteiger partial charge in [-0.2, -0.15) is 0 Å². The van der Waals surface area contributed by atoms with E-state index in [1.54, 1.807) is 46.0 Å². The Morgan fingerprint density at radius 1 is 1.24 bits per heavy atom. The molecule has 4 amide bonds. The summed E-state index contributed by atoms with van der Waals surface area (Å²) in [5, 5.41) is 2.83. The second kappa shape index (κ2) is 8.75. The van der Waals surface area contributed by atoms with E-state index in [0.29, 0.717) is 40.2 Å². The summed E-state index contributed by atoms with van der Waals surface area (Å²) in [4.78, 5) is 43.2. The molecule has 1 aromatic carbocycles. The van der Waals surface area contributed by atoms with Crippen molar-refractivity contribution in [3.8, 4) is 5.75 Å². The Labute approximate surface area is 199 Å². The fourth-order valence-corrected chi connectivity index (χ4v) is 5.39. The lowest BCUT2D eigenvalue weighted by atomic mass is 10.1. The third-order valence-corrected chi connectivity index (χ3v) is 7.32. The molecule has 11 heteroatoms. The van der Waals surface area contributed by atoms with Crippen molar-refractivity contribution in [2.45, 2.75) is 25.0 Å². The van der Waals surface area contributed by atoms with Crippen LogP contribution < -0.4 is 19.9 Å². The molecule has 0 aliphatic carbocycles. The van der Waals surface area contributed by atoms with E-state index in [0.717, 1.165) is 18.7 Å². The summed E-state index contributed by atoms with van der Waals surface area (Å²) in [5.74, 6) is 0.276. The first-order chi connectivity index (χ1) is 15.9. The summed E-state index contributed by atoms with van der Waals surface area (Å²) in [6, 6.07) is 8.41. The van der Waals surface area contributed by atoms with Crippen LogP contribution in [0.2, 0.25) is 4.34 Å². The number of hydrogen-bond donors (Lipinski definition) is 1. The minimum absolute atomic E-state index is 0.0592. The van der Waals surface area contributed by atoms with E-state index in [9.17, 15) is 14.4 Å². The molecule has 2 atom stereocenters. The van der Waals surface area contributed by atoms with Crippen LogP contribution in [-0.2, 0) is 4.74 Å². The van der Waals surface area contributed by atoms with Crippen molar-refractivity contribution in [3.05, 3.63) is 39.5 Å². The summed E-state index contributed by atoms with van der Waals surface area (Å²) in [5.41, 5.74) is 1.33. The van der Waals surface area contributed by atoms with E-state index in [1.165, 1.54) is 11.3 Å². The maximum Gasteiger partial charge on any atom is 0.415 e. The number of urea groups is 1. The summed E-state index contributed by atoms with van der Waals surface area (Å²) < 4.78 is 12.1. The van der Waals surface area contributed by atoms with Gasteiger partial charge in [0.2, 0.25) is 0 Å². The molecule has 0 spiro atoms. The maximum atomic E-state index is 12.8. The van der Waals surface area contributed by atoms with E-state index in [1.807, 2.05) is 6.07 Å². The highest BCUT2D eigenvalue weighted by molar-refractivity contribution is 7.18. The maximum absolute atomic E-state index is 12.8. The number of thiophene rings is 1. The number of nitrogens with one attached hydrogen (secondary N) is 1. The van der Waals surface area contributed by atoms with E-state index < -0.39 is 12.2 Å². The van der Waals surface area contributed by atoms with Gasteiger partial charge in [-0.15, -0.1) is 11.3 Å². The summed E-state index contributed by atoms with van der Waals surface area (Å²) in [6.07, 6.45) is 0.438. The monoisotopic (exact) mass is 490 g/mol. The Kier molecular flexibility index (Phi) is 5.79. The molecule has 1 N–H and O–H groups in total. The van der Waals surface area contributed by atoms with Crippen molar-refractivity contribution in [1.29, 1.82) is 0 Å². The van der Waals surface area contributed by atoms with Crippen LogP contribution in [-0.4, -0.2) is 68.4 Å². The van der Waals surface area contributed by atoms with Crippen molar-refractivity contribution in [2.24, 2.45) is 0 Å². The number of amides is 4. The highest BCUT2D eigenvalue weighted by Crippen LogP contribution is 2.40. The van der Waals surface area contributed by atoms with Crippen LogP contribution in [0.5, 0.6) is 5.75 Å². The van der Waals surface area contributed by atoms with Crippen molar-refractivity contribution >= 4 is 52.3 Å². The molecule has 0 saturated carbocycles. The lowest BCUT2D eigenvalue weighted by molar-refractivity contribution is 0.0901. The molecule has 1 aromatic heterocycles. The number of ether oxygens (including phenoxy) is 2. The molecule has 3 aliphatic heterocycles. The summed E-state index contributed by atoms with van der Waals surface area (Å²) in [6.45, 7) is 1.93. The first kappa shape index (κ1) is 21.8. The van der Waals surface area contributed by atoms with Gasteiger partial charge in [-0.05, 0) is 30.7 Å². The topological polar surface area (TPSA) is 91.4 Å². The van der Waals surface area contributed by atoms with Gasteiger partial charge in [0.1, 0.15) is 11.9 Å². The molecule has 0 radical (unpaired) electrons. The van der Waals surface area contributed by atoms with E-state index >= 15 is 0 Å². The zero-order valence-electron chi connectivity index (χ0n) is 18.0. The normalized spacial score (nSPS) is 22.3. The molecule has 0 bridgehead atoms. The summed E-state index contributed by atoms with van der Waals surface area (Å²) in [7, 11) is 1.78. The average molecular weight is 491 g/mol. The molecular formula is C22H23ClN4O5S. The van der Waals surface area contributed by atoms with Gasteiger partial charge in [-0.3, -0.25) is 14.6 Å². The number of nitrogens with zero attached hydrogens (tertiary/aromatic N) is 3. The van der Waals surface area contributed by atoms with Crippen molar-refractivity contribution in [1.82, 2.24) is 10.2 Å². The number of fused-ring (bicyclic) bond motifs is 3. The fourth-order valence-electron chi connectivity index (χ4n) is 4.43. The van der Waals surface area contributed by atoms with Crippen LogP contribution in [0.25, 0.3) is 0 Å². The minimum atomic E-state index is -0.511. The Morgan fingerprint density at radius 3 is 2.88 bits per heavy atom. The van der Waals surface area contributed by atoms with Crippen molar-refractivity contribution in [3.63, 3.8) is 0 Å². The zero-order valence-corrected chi connectivity index (χ0v) is 19.5. The molecule has 4 heterocycles. The Morgan fingerprint density at radius 2 is 2.09 bits per heavy atom. The van der Waals surface area contributed by atoms with Crippen LogP contribution in [0, 0.1) is 0 Å². The first-order valence-electron chi connectivity index (χ1n) is 10.8. The third-order valence-electron chi connectivity index (χ3n) is 6.09.